The van der Waals surface area contributed by atoms with Gasteiger partial charge in [-0.3, -0.25) is 4.68 Å². The van der Waals surface area contributed by atoms with Gasteiger partial charge in [0.15, 0.2) is 11.5 Å². The van der Waals surface area contributed by atoms with Gasteiger partial charge in [-0.1, -0.05) is 0 Å². The highest BCUT2D eigenvalue weighted by Gasteiger charge is 2.14. The van der Waals surface area contributed by atoms with E-state index in [-0.39, 0.29) is 0 Å². The van der Waals surface area contributed by atoms with Crippen LogP contribution < -0.4 is 14.8 Å². The van der Waals surface area contributed by atoms with Gasteiger partial charge in [-0.2, -0.15) is 5.10 Å². The van der Waals surface area contributed by atoms with E-state index in [0.717, 1.165) is 22.6 Å². The molecule has 7 heteroatoms. The number of fused-ring (bicyclic) bond motifs is 1. The molecule has 24 heavy (non-hydrogen) atoms. The van der Waals surface area contributed by atoms with Crippen LogP contribution in [0.15, 0.2) is 18.5 Å². The maximum Gasteiger partial charge on any atom is 0.187 e. The highest BCUT2D eigenvalue weighted by atomic mass is 16.5. The summed E-state index contributed by atoms with van der Waals surface area (Å²) in [6.07, 6.45) is 1.52. The molecule has 0 amide bonds. The summed E-state index contributed by atoms with van der Waals surface area (Å²) >= 11 is 0. The van der Waals surface area contributed by atoms with Crippen molar-refractivity contribution in [1.82, 2.24) is 19.7 Å². The Morgan fingerprint density at radius 2 is 1.92 bits per heavy atom. The summed E-state index contributed by atoms with van der Waals surface area (Å²) < 4.78 is 12.7. The second-order valence-corrected chi connectivity index (χ2v) is 5.55. The van der Waals surface area contributed by atoms with E-state index in [1.54, 1.807) is 14.2 Å². The van der Waals surface area contributed by atoms with E-state index in [1.165, 1.54) is 11.9 Å². The van der Waals surface area contributed by atoms with Gasteiger partial charge in [0.25, 0.3) is 0 Å². The number of rotatable bonds is 5. The van der Waals surface area contributed by atoms with Gasteiger partial charge < -0.3 is 14.8 Å². The number of hydrogen-bond donors (Lipinski definition) is 1. The average Bonchev–Trinajstić information content (AvgIpc) is 2.84. The van der Waals surface area contributed by atoms with Gasteiger partial charge in [0, 0.05) is 30.2 Å². The molecule has 0 fully saturated rings. The minimum atomic E-state index is 0.606. The lowest BCUT2D eigenvalue weighted by Crippen LogP contribution is -2.05. The van der Waals surface area contributed by atoms with Crippen molar-refractivity contribution < 1.29 is 9.47 Å². The first-order valence-corrected chi connectivity index (χ1v) is 7.65. The molecular weight excluding hydrogens is 306 g/mol. The van der Waals surface area contributed by atoms with Crippen LogP contribution in [0.5, 0.6) is 11.5 Å². The minimum absolute atomic E-state index is 0.606. The summed E-state index contributed by atoms with van der Waals surface area (Å²) in [5.41, 5.74) is 4.04. The van der Waals surface area contributed by atoms with Crippen molar-refractivity contribution in [2.75, 3.05) is 19.5 Å². The zero-order valence-corrected chi connectivity index (χ0v) is 14.5. The number of aromatic nitrogens is 4. The number of aryl methyl sites for hydroxylation is 2. The van der Waals surface area contributed by atoms with Gasteiger partial charge in [-0.25, -0.2) is 9.97 Å². The number of anilines is 1. The molecule has 2 aromatic heterocycles. The monoisotopic (exact) mass is 327 g/mol. The van der Waals surface area contributed by atoms with Crippen molar-refractivity contribution in [2.24, 2.45) is 7.05 Å². The van der Waals surface area contributed by atoms with Crippen LogP contribution in [0.25, 0.3) is 10.9 Å². The molecule has 0 saturated heterocycles. The fourth-order valence-corrected chi connectivity index (χ4v) is 2.83. The molecule has 0 bridgehead atoms. The first kappa shape index (κ1) is 16.0. The van der Waals surface area contributed by atoms with E-state index in [0.29, 0.717) is 23.6 Å². The molecule has 1 N–H and O–H groups in total. The summed E-state index contributed by atoms with van der Waals surface area (Å²) in [6, 6.07) is 3.79. The Morgan fingerprint density at radius 3 is 2.54 bits per heavy atom. The van der Waals surface area contributed by atoms with E-state index < -0.39 is 0 Å². The van der Waals surface area contributed by atoms with E-state index in [2.05, 4.69) is 27.3 Å². The summed E-state index contributed by atoms with van der Waals surface area (Å²) in [4.78, 5) is 8.72. The molecule has 0 aliphatic carbocycles. The zero-order chi connectivity index (χ0) is 17.3. The van der Waals surface area contributed by atoms with Gasteiger partial charge in [0.05, 0.1) is 19.9 Å². The Labute approximate surface area is 140 Å². The third kappa shape index (κ3) is 2.62. The van der Waals surface area contributed by atoms with E-state index in [1.807, 2.05) is 30.8 Å². The average molecular weight is 327 g/mol. The topological polar surface area (TPSA) is 74.1 Å². The Kier molecular flexibility index (Phi) is 4.24. The quantitative estimate of drug-likeness (QED) is 0.776. The lowest BCUT2D eigenvalue weighted by molar-refractivity contribution is 0.358. The third-order valence-corrected chi connectivity index (χ3v) is 4.24. The Morgan fingerprint density at radius 1 is 1.12 bits per heavy atom. The van der Waals surface area contributed by atoms with Crippen LogP contribution in [0.1, 0.15) is 17.0 Å². The summed E-state index contributed by atoms with van der Waals surface area (Å²) in [6.45, 7) is 4.71. The SMILES string of the molecule is COc1ccc2c(NCc3c(C)nn(C)c3C)ncnc2c1OC. The van der Waals surface area contributed by atoms with Crippen LogP contribution in [-0.4, -0.2) is 34.0 Å². The van der Waals surface area contributed by atoms with E-state index in [9.17, 15) is 0 Å². The minimum Gasteiger partial charge on any atom is -0.493 e. The molecule has 0 aliphatic heterocycles. The first-order valence-electron chi connectivity index (χ1n) is 7.65. The molecule has 0 radical (unpaired) electrons. The molecule has 3 aromatic rings. The molecule has 3 rings (SSSR count). The lowest BCUT2D eigenvalue weighted by atomic mass is 10.1. The van der Waals surface area contributed by atoms with Crippen molar-refractivity contribution in [3.8, 4) is 11.5 Å². The third-order valence-electron chi connectivity index (χ3n) is 4.24. The smallest absolute Gasteiger partial charge is 0.187 e. The van der Waals surface area contributed by atoms with Crippen LogP contribution in [-0.2, 0) is 13.6 Å². The highest BCUT2D eigenvalue weighted by Crippen LogP contribution is 2.36. The molecule has 0 spiro atoms. The van der Waals surface area contributed by atoms with Gasteiger partial charge in [0.2, 0.25) is 0 Å². The van der Waals surface area contributed by atoms with Gasteiger partial charge in [0.1, 0.15) is 17.7 Å². The van der Waals surface area contributed by atoms with Crippen LogP contribution in [0.2, 0.25) is 0 Å². The predicted molar refractivity (Wildman–Crippen MR) is 92.7 cm³/mol. The maximum atomic E-state index is 5.45. The highest BCUT2D eigenvalue weighted by molar-refractivity contribution is 5.94. The van der Waals surface area contributed by atoms with Crippen LogP contribution >= 0.6 is 0 Å². The molecule has 126 valence electrons. The molecule has 0 unspecified atom stereocenters. The van der Waals surface area contributed by atoms with Gasteiger partial charge >= 0.3 is 0 Å². The Hall–Kier alpha value is -2.83. The number of hydrogen-bond acceptors (Lipinski definition) is 6. The van der Waals surface area contributed by atoms with Crippen molar-refractivity contribution in [1.29, 1.82) is 0 Å². The maximum absolute atomic E-state index is 5.45. The molecule has 0 saturated carbocycles. The van der Waals surface area contributed by atoms with Crippen molar-refractivity contribution in [2.45, 2.75) is 20.4 Å². The van der Waals surface area contributed by atoms with Crippen molar-refractivity contribution in [3.63, 3.8) is 0 Å². The Balaban J connectivity index is 1.98. The number of nitrogens with zero attached hydrogens (tertiary/aromatic N) is 4. The largest absolute Gasteiger partial charge is 0.493 e. The number of methoxy groups -OCH3 is 2. The van der Waals surface area contributed by atoms with Crippen LogP contribution in [0.3, 0.4) is 0 Å². The molecule has 0 aliphatic rings. The molecular formula is C17H21N5O2. The number of ether oxygens (including phenoxy) is 2. The second-order valence-electron chi connectivity index (χ2n) is 5.55. The fourth-order valence-electron chi connectivity index (χ4n) is 2.83. The first-order chi connectivity index (χ1) is 11.6. The van der Waals surface area contributed by atoms with Crippen molar-refractivity contribution in [3.05, 3.63) is 35.4 Å². The van der Waals surface area contributed by atoms with Gasteiger partial charge in [-0.05, 0) is 26.0 Å². The summed E-state index contributed by atoms with van der Waals surface area (Å²) in [5.74, 6) is 2.01. The Bertz CT molecular complexity index is 888. The summed E-state index contributed by atoms with van der Waals surface area (Å²) in [7, 11) is 5.16. The standard InChI is InChI=1S/C17H21N5O2/c1-10-13(11(2)22(3)21-10)8-18-17-12-6-7-14(23-4)16(24-5)15(12)19-9-20-17/h6-7,9H,8H2,1-5H3,(H,18,19,20). The number of nitrogens with one attached hydrogen (secondary N) is 1. The van der Waals surface area contributed by atoms with Crippen LogP contribution in [0.4, 0.5) is 5.82 Å². The molecule has 1 aromatic carbocycles. The molecule has 7 nitrogen and oxygen atoms in total. The fraction of sp³-hybridized carbons (Fsp3) is 0.353. The number of benzene rings is 1. The van der Waals surface area contributed by atoms with E-state index >= 15 is 0 Å². The zero-order valence-electron chi connectivity index (χ0n) is 14.5. The van der Waals surface area contributed by atoms with Gasteiger partial charge in [-0.15, -0.1) is 0 Å². The molecule has 2 heterocycles. The summed E-state index contributed by atoms with van der Waals surface area (Å²) in [5, 5.41) is 8.71. The normalized spacial score (nSPS) is 10.9. The lowest BCUT2D eigenvalue weighted by Gasteiger charge is -2.13. The second kappa shape index (κ2) is 6.35. The van der Waals surface area contributed by atoms with E-state index in [4.69, 9.17) is 9.47 Å². The van der Waals surface area contributed by atoms with Crippen molar-refractivity contribution >= 4 is 16.7 Å². The van der Waals surface area contributed by atoms with Crippen LogP contribution in [0, 0.1) is 13.8 Å². The predicted octanol–water partition coefficient (Wildman–Crippen LogP) is 2.61. The molecule has 0 atom stereocenters.